The number of anilines is 2. The van der Waals surface area contributed by atoms with Crippen LogP contribution in [0.1, 0.15) is 0 Å². The second-order valence-electron chi connectivity index (χ2n) is 4.86. The highest BCUT2D eigenvalue weighted by Crippen LogP contribution is 2.27. The van der Waals surface area contributed by atoms with Gasteiger partial charge in [0, 0.05) is 0 Å². The van der Waals surface area contributed by atoms with E-state index in [0.29, 0.717) is 32.9 Å². The summed E-state index contributed by atoms with van der Waals surface area (Å²) >= 11 is 11.9. The average molecular weight is 399 g/mol. The van der Waals surface area contributed by atoms with Crippen molar-refractivity contribution in [1.29, 1.82) is 0 Å². The zero-order valence-corrected chi connectivity index (χ0v) is 15.4. The Hall–Kier alpha value is -2.84. The van der Waals surface area contributed by atoms with E-state index in [-0.39, 0.29) is 0 Å². The smallest absolute Gasteiger partial charge is 0.329 e. The molecule has 0 atom stereocenters. The second kappa shape index (κ2) is 9.02. The third-order valence-electron chi connectivity index (χ3n) is 3.15. The van der Waals surface area contributed by atoms with E-state index in [9.17, 15) is 9.59 Å². The van der Waals surface area contributed by atoms with Gasteiger partial charge in [-0.15, -0.1) is 0 Å². The van der Waals surface area contributed by atoms with Crippen molar-refractivity contribution >= 4 is 46.4 Å². The van der Waals surface area contributed by atoms with Crippen LogP contribution in [-0.2, 0) is 9.59 Å². The lowest BCUT2D eigenvalue weighted by Gasteiger charge is -2.12. The van der Waals surface area contributed by atoms with Gasteiger partial charge >= 0.3 is 11.8 Å². The molecule has 0 aliphatic rings. The van der Waals surface area contributed by atoms with Gasteiger partial charge < -0.3 is 9.47 Å². The molecule has 0 radical (unpaired) electrons. The van der Waals surface area contributed by atoms with Gasteiger partial charge in [-0.1, -0.05) is 23.2 Å². The topological polar surface area (TPSA) is 101 Å². The van der Waals surface area contributed by atoms with E-state index < -0.39 is 11.8 Å². The van der Waals surface area contributed by atoms with Crippen LogP contribution in [0.15, 0.2) is 36.4 Å². The number of hydrogen-bond acceptors (Lipinski definition) is 6. The van der Waals surface area contributed by atoms with Crippen LogP contribution < -0.4 is 31.2 Å². The predicted octanol–water partition coefficient (Wildman–Crippen LogP) is 2.60. The monoisotopic (exact) mass is 398 g/mol. The molecule has 2 aromatic rings. The average Bonchev–Trinajstić information content (AvgIpc) is 2.64. The van der Waals surface area contributed by atoms with Crippen LogP contribution in [0.4, 0.5) is 11.4 Å². The molecule has 2 amide bonds. The molecule has 8 nitrogen and oxygen atoms in total. The fourth-order valence-electron chi connectivity index (χ4n) is 1.86. The zero-order valence-electron chi connectivity index (χ0n) is 13.9. The van der Waals surface area contributed by atoms with Crippen molar-refractivity contribution in [1.82, 2.24) is 10.9 Å². The fraction of sp³-hybridized carbons (Fsp3) is 0.125. The quantitative estimate of drug-likeness (QED) is 0.440. The van der Waals surface area contributed by atoms with E-state index in [0.717, 1.165) is 0 Å². The maximum absolute atomic E-state index is 11.8. The molecule has 0 heterocycles. The minimum atomic E-state index is -0.913. The third kappa shape index (κ3) is 5.08. The first-order chi connectivity index (χ1) is 12.4. The summed E-state index contributed by atoms with van der Waals surface area (Å²) in [6.07, 6.45) is 0. The maximum atomic E-state index is 11.8. The molecule has 0 aliphatic carbocycles. The molecule has 26 heavy (non-hydrogen) atoms. The molecular formula is C16H16Cl2N4O4. The number of hydrazine groups is 2. The number of amides is 2. The maximum Gasteiger partial charge on any atom is 0.329 e. The highest BCUT2D eigenvalue weighted by atomic mass is 35.5. The van der Waals surface area contributed by atoms with Crippen LogP contribution in [0.2, 0.25) is 10.0 Å². The Morgan fingerprint density at radius 1 is 0.769 bits per heavy atom. The van der Waals surface area contributed by atoms with Gasteiger partial charge in [0.05, 0.1) is 35.6 Å². The first-order valence-electron chi connectivity index (χ1n) is 7.24. The molecule has 0 spiro atoms. The van der Waals surface area contributed by atoms with Gasteiger partial charge in [0.25, 0.3) is 0 Å². The number of methoxy groups -OCH3 is 2. The Balaban J connectivity index is 1.85. The summed E-state index contributed by atoms with van der Waals surface area (Å²) in [4.78, 5) is 23.6. The van der Waals surface area contributed by atoms with Crippen molar-refractivity contribution in [3.8, 4) is 11.5 Å². The number of halogens is 2. The zero-order chi connectivity index (χ0) is 19.1. The van der Waals surface area contributed by atoms with E-state index in [1.54, 1.807) is 24.3 Å². The van der Waals surface area contributed by atoms with Crippen molar-refractivity contribution in [2.75, 3.05) is 25.1 Å². The highest BCUT2D eigenvalue weighted by Gasteiger charge is 2.13. The Morgan fingerprint density at radius 2 is 1.15 bits per heavy atom. The van der Waals surface area contributed by atoms with E-state index in [2.05, 4.69) is 21.7 Å². The van der Waals surface area contributed by atoms with Crippen molar-refractivity contribution in [3.05, 3.63) is 46.4 Å². The first kappa shape index (κ1) is 19.5. The summed E-state index contributed by atoms with van der Waals surface area (Å²) in [6, 6.07) is 9.56. The third-order valence-corrected chi connectivity index (χ3v) is 3.74. The predicted molar refractivity (Wildman–Crippen MR) is 99.5 cm³/mol. The minimum Gasteiger partial charge on any atom is -0.495 e. The molecule has 138 valence electrons. The Morgan fingerprint density at radius 3 is 1.46 bits per heavy atom. The van der Waals surface area contributed by atoms with Gasteiger partial charge in [-0.3, -0.25) is 31.3 Å². The Labute approximate surface area is 159 Å². The highest BCUT2D eigenvalue weighted by molar-refractivity contribution is 6.35. The van der Waals surface area contributed by atoms with E-state index in [1.807, 2.05) is 0 Å². The SMILES string of the molecule is COc1ccc(NNC(=O)C(=O)NNc2ccc(OC)c(Cl)c2)cc1Cl. The standard InChI is InChI=1S/C16H16Cl2N4O4/c1-25-13-5-3-9(7-11(13)17)19-21-15(23)16(24)22-20-10-4-6-14(26-2)12(18)8-10/h3-8,19-20H,1-2H3,(H,21,23)(H,22,24). The van der Waals surface area contributed by atoms with E-state index >= 15 is 0 Å². The molecule has 0 unspecified atom stereocenters. The van der Waals surface area contributed by atoms with E-state index in [4.69, 9.17) is 32.7 Å². The Kier molecular flexibility index (Phi) is 6.76. The van der Waals surface area contributed by atoms with Crippen LogP contribution in [0.5, 0.6) is 11.5 Å². The summed E-state index contributed by atoms with van der Waals surface area (Å²) in [5.41, 5.74) is 10.6. The molecular weight excluding hydrogens is 383 g/mol. The van der Waals surface area contributed by atoms with Crippen LogP contribution >= 0.6 is 23.2 Å². The number of ether oxygens (including phenoxy) is 2. The van der Waals surface area contributed by atoms with Crippen molar-refractivity contribution in [2.45, 2.75) is 0 Å². The van der Waals surface area contributed by atoms with E-state index in [1.165, 1.54) is 26.4 Å². The van der Waals surface area contributed by atoms with Crippen molar-refractivity contribution < 1.29 is 19.1 Å². The molecule has 2 rings (SSSR count). The van der Waals surface area contributed by atoms with Gasteiger partial charge in [0.1, 0.15) is 11.5 Å². The Bertz CT molecular complexity index is 749. The summed E-state index contributed by atoms with van der Waals surface area (Å²) in [5, 5.41) is 0.712. The van der Waals surface area contributed by atoms with Crippen molar-refractivity contribution in [3.63, 3.8) is 0 Å². The minimum absolute atomic E-state index is 0.356. The van der Waals surface area contributed by atoms with Crippen LogP contribution in [0.3, 0.4) is 0 Å². The molecule has 0 aliphatic heterocycles. The molecule has 2 aromatic carbocycles. The molecule has 4 N–H and O–H groups in total. The number of carbonyl (C=O) groups excluding carboxylic acids is 2. The number of nitrogens with one attached hydrogen (secondary N) is 4. The normalized spacial score (nSPS) is 9.85. The van der Waals surface area contributed by atoms with Gasteiger partial charge in [-0.25, -0.2) is 0 Å². The van der Waals surface area contributed by atoms with Crippen molar-refractivity contribution in [2.24, 2.45) is 0 Å². The molecule has 10 heteroatoms. The lowest BCUT2D eigenvalue weighted by atomic mass is 10.3. The number of hydrogen-bond donors (Lipinski definition) is 4. The largest absolute Gasteiger partial charge is 0.495 e. The molecule has 0 bridgehead atoms. The molecule has 0 aromatic heterocycles. The fourth-order valence-corrected chi connectivity index (χ4v) is 2.38. The van der Waals surface area contributed by atoms with Crippen LogP contribution in [-0.4, -0.2) is 26.0 Å². The number of benzene rings is 2. The van der Waals surface area contributed by atoms with Gasteiger partial charge in [0.15, 0.2) is 0 Å². The molecule has 0 saturated carbocycles. The number of carbonyl (C=O) groups is 2. The lowest BCUT2D eigenvalue weighted by molar-refractivity contribution is -0.138. The van der Waals surface area contributed by atoms with Gasteiger partial charge in [-0.2, -0.15) is 0 Å². The van der Waals surface area contributed by atoms with Gasteiger partial charge in [0.2, 0.25) is 0 Å². The summed E-state index contributed by atoms with van der Waals surface area (Å²) < 4.78 is 10.0. The lowest BCUT2D eigenvalue weighted by Crippen LogP contribution is -2.44. The first-order valence-corrected chi connectivity index (χ1v) is 7.99. The summed E-state index contributed by atoms with van der Waals surface area (Å²) in [7, 11) is 2.98. The molecule has 0 saturated heterocycles. The number of rotatable bonds is 6. The van der Waals surface area contributed by atoms with Crippen LogP contribution in [0, 0.1) is 0 Å². The second-order valence-corrected chi connectivity index (χ2v) is 5.67. The molecule has 0 fully saturated rings. The van der Waals surface area contributed by atoms with Crippen LogP contribution in [0.25, 0.3) is 0 Å². The van der Waals surface area contributed by atoms with Gasteiger partial charge in [-0.05, 0) is 36.4 Å². The summed E-state index contributed by atoms with van der Waals surface area (Å²) in [6.45, 7) is 0. The summed E-state index contributed by atoms with van der Waals surface area (Å²) in [5.74, 6) is -0.847.